The molecule has 3 aromatic rings. The molecule has 12 heteroatoms. The molecule has 1 aliphatic heterocycles. The number of nitrogens with one attached hydrogen (secondary N) is 1. The molecule has 0 aliphatic carbocycles. The van der Waals surface area contributed by atoms with Crippen LogP contribution in [0.25, 0.3) is 10.9 Å². The first-order chi connectivity index (χ1) is 19.2. The monoisotopic (exact) mass is 562 g/mol. The largest absolute Gasteiger partial charge is 0.497 e. The molecule has 0 bridgehead atoms. The summed E-state index contributed by atoms with van der Waals surface area (Å²) in [6.45, 7) is 1.39. The number of aliphatic hydroxyl groups excluding tert-OH is 1. The number of halogens is 3. The normalized spacial score (nSPS) is 16.1. The van der Waals surface area contributed by atoms with Gasteiger partial charge in [-0.25, -0.2) is 14.3 Å². The van der Waals surface area contributed by atoms with Crippen molar-refractivity contribution in [2.75, 3.05) is 33.4 Å². The highest BCUT2D eigenvalue weighted by Crippen LogP contribution is 2.40. The van der Waals surface area contributed by atoms with Gasteiger partial charge in [0.05, 0.1) is 24.1 Å². The van der Waals surface area contributed by atoms with Crippen LogP contribution in [0.4, 0.5) is 13.2 Å². The maximum absolute atomic E-state index is 13.8. The standard InChI is InChI=1S/C28H33F3N4O5/c1-39-19-2-3-22-20(14-19)25(17(15-32)16-33-22)23(36)4-5-28(27(37)34-38)6-8-35(9-7-28)10-11-40-24-13-18(29)12-21(30)26(24)31/h2-3,12-14,16,23,36,38H,4-11,15,32H2,1H3,(H,34,37). The van der Waals surface area contributed by atoms with Crippen LogP contribution in [-0.4, -0.2) is 59.5 Å². The van der Waals surface area contributed by atoms with E-state index in [2.05, 4.69) is 4.98 Å². The minimum absolute atomic E-state index is 0.0157. The van der Waals surface area contributed by atoms with Crippen molar-refractivity contribution in [1.82, 2.24) is 15.4 Å². The van der Waals surface area contributed by atoms with Gasteiger partial charge in [0.25, 0.3) is 0 Å². The SMILES string of the molecule is COc1ccc2ncc(CN)c(C(O)CCC3(C(=O)NO)CCN(CCOc4cc(F)cc(F)c4F)CC3)c2c1. The summed E-state index contributed by atoms with van der Waals surface area (Å²) >= 11 is 0. The molecule has 4 rings (SSSR count). The Hall–Kier alpha value is -3.45. The summed E-state index contributed by atoms with van der Waals surface area (Å²) in [7, 11) is 1.55. The number of carbonyl (C=O) groups is 1. The molecule has 0 spiro atoms. The smallest absolute Gasteiger partial charge is 0.249 e. The van der Waals surface area contributed by atoms with Gasteiger partial charge >= 0.3 is 0 Å². The summed E-state index contributed by atoms with van der Waals surface area (Å²) in [4.78, 5) is 19.2. The summed E-state index contributed by atoms with van der Waals surface area (Å²) in [5.41, 5.74) is 8.77. The zero-order valence-electron chi connectivity index (χ0n) is 22.1. The molecular weight excluding hydrogens is 529 g/mol. The molecular formula is C28H33F3N4O5. The lowest BCUT2D eigenvalue weighted by atomic mass is 9.73. The lowest BCUT2D eigenvalue weighted by Gasteiger charge is -2.40. The van der Waals surface area contributed by atoms with E-state index in [1.807, 2.05) is 4.90 Å². The molecule has 0 radical (unpaired) electrons. The van der Waals surface area contributed by atoms with Gasteiger partial charge in [0.1, 0.15) is 18.2 Å². The predicted octanol–water partition coefficient (Wildman–Crippen LogP) is 3.60. The van der Waals surface area contributed by atoms with Gasteiger partial charge in [-0.2, -0.15) is 4.39 Å². The fourth-order valence-electron chi connectivity index (χ4n) is 5.31. The average molecular weight is 563 g/mol. The molecule has 5 N–H and O–H groups in total. The third kappa shape index (κ3) is 6.30. The molecule has 40 heavy (non-hydrogen) atoms. The molecule has 1 fully saturated rings. The van der Waals surface area contributed by atoms with Crippen LogP contribution in [0.3, 0.4) is 0 Å². The van der Waals surface area contributed by atoms with Crippen molar-refractivity contribution < 1.29 is 37.8 Å². The number of nitrogens with zero attached hydrogens (tertiary/aromatic N) is 2. The van der Waals surface area contributed by atoms with Crippen molar-refractivity contribution in [3.8, 4) is 11.5 Å². The second-order valence-corrected chi connectivity index (χ2v) is 9.95. The van der Waals surface area contributed by atoms with Crippen molar-refractivity contribution in [2.45, 2.75) is 38.3 Å². The number of rotatable bonds is 11. The highest BCUT2D eigenvalue weighted by atomic mass is 19.2. The minimum Gasteiger partial charge on any atom is -0.497 e. The Labute approximate surface area is 229 Å². The van der Waals surface area contributed by atoms with Crippen LogP contribution in [0.1, 0.15) is 42.9 Å². The number of methoxy groups -OCH3 is 1. The fourth-order valence-corrected chi connectivity index (χ4v) is 5.31. The molecule has 0 saturated carbocycles. The number of hydrogen-bond donors (Lipinski definition) is 4. The first-order valence-corrected chi connectivity index (χ1v) is 13.0. The van der Waals surface area contributed by atoms with Gasteiger partial charge in [-0.15, -0.1) is 0 Å². The number of carbonyl (C=O) groups excluding carboxylic acids is 1. The van der Waals surface area contributed by atoms with E-state index >= 15 is 0 Å². The van der Waals surface area contributed by atoms with E-state index in [0.717, 1.165) is 6.07 Å². The van der Waals surface area contributed by atoms with Gasteiger partial charge in [0.15, 0.2) is 11.6 Å². The van der Waals surface area contributed by atoms with Crippen molar-refractivity contribution in [1.29, 1.82) is 0 Å². The zero-order chi connectivity index (χ0) is 28.9. The van der Waals surface area contributed by atoms with E-state index in [4.69, 9.17) is 15.2 Å². The highest BCUT2D eigenvalue weighted by Gasteiger charge is 2.41. The third-order valence-corrected chi connectivity index (χ3v) is 7.67. The number of amides is 1. The number of ether oxygens (including phenoxy) is 2. The Morgan fingerprint density at radius 1 is 1.23 bits per heavy atom. The second-order valence-electron chi connectivity index (χ2n) is 9.95. The first-order valence-electron chi connectivity index (χ1n) is 13.0. The zero-order valence-corrected chi connectivity index (χ0v) is 22.1. The number of aromatic nitrogens is 1. The van der Waals surface area contributed by atoms with Crippen molar-refractivity contribution in [3.63, 3.8) is 0 Å². The van der Waals surface area contributed by atoms with E-state index in [-0.39, 0.29) is 26.0 Å². The Kier molecular flexibility index (Phi) is 9.46. The quantitative estimate of drug-likeness (QED) is 0.159. The van der Waals surface area contributed by atoms with Gasteiger partial charge in [-0.05, 0) is 68.1 Å². The van der Waals surface area contributed by atoms with Crippen LogP contribution >= 0.6 is 0 Å². The molecule has 1 aromatic heterocycles. The van der Waals surface area contributed by atoms with E-state index in [1.165, 1.54) is 0 Å². The summed E-state index contributed by atoms with van der Waals surface area (Å²) in [5, 5.41) is 21.5. The van der Waals surface area contributed by atoms with Gasteiger partial charge in [0.2, 0.25) is 11.7 Å². The molecule has 1 aliphatic rings. The lowest BCUT2D eigenvalue weighted by Crippen LogP contribution is -2.49. The predicted molar refractivity (Wildman–Crippen MR) is 140 cm³/mol. The van der Waals surface area contributed by atoms with E-state index in [9.17, 15) is 28.3 Å². The van der Waals surface area contributed by atoms with Crippen LogP contribution in [0, 0.1) is 22.9 Å². The van der Waals surface area contributed by atoms with Crippen LogP contribution < -0.4 is 20.7 Å². The number of pyridine rings is 1. The number of hydroxylamine groups is 1. The molecule has 216 valence electrons. The van der Waals surface area contributed by atoms with Crippen LogP contribution in [0.15, 0.2) is 36.5 Å². The number of piperidine rings is 1. The number of aliphatic hydroxyl groups is 1. The number of likely N-dealkylation sites (tertiary alicyclic amines) is 1. The van der Waals surface area contributed by atoms with Crippen molar-refractivity contribution >= 4 is 16.8 Å². The Balaban J connectivity index is 1.42. The highest BCUT2D eigenvalue weighted by molar-refractivity contribution is 5.85. The van der Waals surface area contributed by atoms with E-state index in [0.29, 0.717) is 66.3 Å². The lowest BCUT2D eigenvalue weighted by molar-refractivity contribution is -0.144. The first kappa shape index (κ1) is 29.5. The van der Waals surface area contributed by atoms with Crippen LogP contribution in [-0.2, 0) is 11.3 Å². The maximum Gasteiger partial charge on any atom is 0.249 e. The minimum atomic E-state index is -1.33. The van der Waals surface area contributed by atoms with Crippen molar-refractivity contribution in [3.05, 3.63) is 65.1 Å². The van der Waals surface area contributed by atoms with E-state index < -0.39 is 40.6 Å². The molecule has 9 nitrogen and oxygen atoms in total. The second kappa shape index (κ2) is 12.8. The summed E-state index contributed by atoms with van der Waals surface area (Å²) in [6, 6.07) is 6.60. The fraction of sp³-hybridized carbons (Fsp3) is 0.429. The number of hydrogen-bond acceptors (Lipinski definition) is 8. The summed E-state index contributed by atoms with van der Waals surface area (Å²) in [5.74, 6) is -3.95. The Morgan fingerprint density at radius 3 is 2.65 bits per heavy atom. The summed E-state index contributed by atoms with van der Waals surface area (Å²) < 4.78 is 51.2. The topological polar surface area (TPSA) is 130 Å². The third-order valence-electron chi connectivity index (χ3n) is 7.67. The van der Waals surface area contributed by atoms with Gasteiger partial charge in [-0.3, -0.25) is 19.9 Å². The molecule has 1 amide bonds. The van der Waals surface area contributed by atoms with Gasteiger partial charge < -0.3 is 20.3 Å². The summed E-state index contributed by atoms with van der Waals surface area (Å²) in [6.07, 6.45) is 1.95. The average Bonchev–Trinajstić information content (AvgIpc) is 2.97. The van der Waals surface area contributed by atoms with Gasteiger partial charge in [0, 0.05) is 36.8 Å². The Morgan fingerprint density at radius 2 is 1.98 bits per heavy atom. The molecule has 2 heterocycles. The molecule has 1 unspecified atom stereocenters. The van der Waals surface area contributed by atoms with Crippen LogP contribution in [0.5, 0.6) is 11.5 Å². The number of nitrogens with two attached hydrogens (primary N) is 1. The Bertz CT molecular complexity index is 1350. The molecule has 1 saturated heterocycles. The molecule has 2 aromatic carbocycles. The number of fused-ring (bicyclic) bond motifs is 1. The maximum atomic E-state index is 13.8. The van der Waals surface area contributed by atoms with Gasteiger partial charge in [-0.1, -0.05) is 0 Å². The van der Waals surface area contributed by atoms with Crippen LogP contribution in [0.2, 0.25) is 0 Å². The van der Waals surface area contributed by atoms with E-state index in [1.54, 1.807) is 37.0 Å². The van der Waals surface area contributed by atoms with Crippen molar-refractivity contribution in [2.24, 2.45) is 11.1 Å². The molecule has 1 atom stereocenters. The number of benzene rings is 2.